The summed E-state index contributed by atoms with van der Waals surface area (Å²) in [6.07, 6.45) is 0.0639. The Morgan fingerprint density at radius 3 is 2.67 bits per heavy atom. The topological polar surface area (TPSA) is 107 Å². The van der Waals surface area contributed by atoms with E-state index in [-0.39, 0.29) is 28.5 Å². The summed E-state index contributed by atoms with van der Waals surface area (Å²) in [7, 11) is -5.97. The second-order valence-electron chi connectivity index (χ2n) is 4.79. The normalized spacial score (nSPS) is 21.1. The van der Waals surface area contributed by atoms with E-state index in [0.717, 1.165) is 11.3 Å². The van der Waals surface area contributed by atoms with E-state index in [1.54, 1.807) is 12.3 Å². The smallest absolute Gasteiger partial charge is 0.350 e. The molecule has 7 nitrogen and oxygen atoms in total. The zero-order chi connectivity index (χ0) is 15.8. The Labute approximate surface area is 127 Å². The number of hydrogen-bond donors (Lipinski definition) is 1. The molecule has 2 rings (SSSR count). The number of sulfonamides is 1. The molecule has 0 aromatic carbocycles. The third-order valence-electron chi connectivity index (χ3n) is 3.22. The Balaban J connectivity index is 2.30. The highest BCUT2D eigenvalue weighted by Gasteiger charge is 2.38. The number of sulfone groups is 1. The highest BCUT2D eigenvalue weighted by Crippen LogP contribution is 2.31. The summed E-state index contributed by atoms with van der Waals surface area (Å²) in [6.45, 7) is 1.66. The molecule has 1 unspecified atom stereocenters. The van der Waals surface area contributed by atoms with Crippen LogP contribution in [0.1, 0.15) is 21.7 Å². The molecule has 0 bridgehead atoms. The lowest BCUT2D eigenvalue weighted by Crippen LogP contribution is -2.29. The largest absolute Gasteiger partial charge is 0.465 e. The van der Waals surface area contributed by atoms with Crippen molar-refractivity contribution in [3.8, 4) is 0 Å². The lowest BCUT2D eigenvalue weighted by molar-refractivity contribution is 0.0607. The van der Waals surface area contributed by atoms with Gasteiger partial charge in [0, 0.05) is 0 Å². The van der Waals surface area contributed by atoms with Crippen LogP contribution in [0.25, 0.3) is 0 Å². The average Bonchev–Trinajstić information content (AvgIpc) is 2.93. The fourth-order valence-electron chi connectivity index (χ4n) is 2.05. The van der Waals surface area contributed by atoms with E-state index in [9.17, 15) is 21.6 Å². The maximum atomic E-state index is 12.3. The van der Waals surface area contributed by atoms with Gasteiger partial charge in [-0.1, -0.05) is 0 Å². The molecule has 0 saturated carbocycles. The highest BCUT2D eigenvalue weighted by atomic mass is 32.2. The van der Waals surface area contributed by atoms with E-state index >= 15 is 0 Å². The number of methoxy groups -OCH3 is 1. The molecule has 10 heteroatoms. The predicted molar refractivity (Wildman–Crippen MR) is 80.0 cm³/mol. The van der Waals surface area contributed by atoms with Crippen LogP contribution in [0.4, 0.5) is 5.69 Å². The van der Waals surface area contributed by atoms with Gasteiger partial charge in [0.15, 0.2) is 9.84 Å². The molecule has 0 radical (unpaired) electrons. The fraction of sp³-hybridized carbons (Fsp3) is 0.545. The first kappa shape index (κ1) is 16.2. The van der Waals surface area contributed by atoms with E-state index in [2.05, 4.69) is 9.46 Å². The number of anilines is 1. The third kappa shape index (κ3) is 3.38. The van der Waals surface area contributed by atoms with Gasteiger partial charge < -0.3 is 4.74 Å². The van der Waals surface area contributed by atoms with Gasteiger partial charge in [-0.25, -0.2) is 21.6 Å². The van der Waals surface area contributed by atoms with Crippen LogP contribution >= 0.6 is 11.3 Å². The molecule has 0 amide bonds. The molecule has 1 saturated heterocycles. The molecular formula is C11H15NO6S3. The number of aryl methyl sites for hydroxylation is 1. The minimum atomic E-state index is -3.87. The van der Waals surface area contributed by atoms with E-state index in [0.29, 0.717) is 5.56 Å². The zero-order valence-corrected chi connectivity index (χ0v) is 13.9. The molecule has 2 heterocycles. The molecule has 1 N–H and O–H groups in total. The summed E-state index contributed by atoms with van der Waals surface area (Å²) in [5.41, 5.74) is 0.751. The van der Waals surface area contributed by atoms with Crippen LogP contribution in [0.3, 0.4) is 0 Å². The van der Waals surface area contributed by atoms with Crippen molar-refractivity contribution in [1.29, 1.82) is 0 Å². The first-order chi connectivity index (χ1) is 9.66. The van der Waals surface area contributed by atoms with Gasteiger partial charge in [0.25, 0.3) is 0 Å². The number of hydrogen-bond acceptors (Lipinski definition) is 7. The van der Waals surface area contributed by atoms with Gasteiger partial charge >= 0.3 is 5.97 Å². The van der Waals surface area contributed by atoms with Crippen molar-refractivity contribution >= 4 is 42.9 Å². The number of rotatable bonds is 4. The number of esters is 1. The lowest BCUT2D eigenvalue weighted by Gasteiger charge is -2.13. The van der Waals surface area contributed by atoms with E-state index in [1.807, 2.05) is 0 Å². The molecule has 1 atom stereocenters. The van der Waals surface area contributed by atoms with Crippen LogP contribution in [0, 0.1) is 6.92 Å². The summed E-state index contributed by atoms with van der Waals surface area (Å²) >= 11 is 1.07. The number of carbonyl (C=O) groups excluding carboxylic acids is 1. The van der Waals surface area contributed by atoms with Gasteiger partial charge in [0.2, 0.25) is 10.0 Å². The van der Waals surface area contributed by atoms with Crippen molar-refractivity contribution < 1.29 is 26.4 Å². The first-order valence-electron chi connectivity index (χ1n) is 6.05. The van der Waals surface area contributed by atoms with Crippen LogP contribution in [0.2, 0.25) is 0 Å². The third-order valence-corrected chi connectivity index (χ3v) is 8.05. The molecule has 0 spiro atoms. The quantitative estimate of drug-likeness (QED) is 0.802. The van der Waals surface area contributed by atoms with Crippen LogP contribution < -0.4 is 4.72 Å². The summed E-state index contributed by atoms with van der Waals surface area (Å²) in [5.74, 6) is -1.16. The van der Waals surface area contributed by atoms with Crippen molar-refractivity contribution in [3.63, 3.8) is 0 Å². The maximum absolute atomic E-state index is 12.3. The molecule has 1 aromatic rings. The van der Waals surface area contributed by atoms with Crippen molar-refractivity contribution in [2.45, 2.75) is 18.6 Å². The Hall–Kier alpha value is -1.13. The lowest BCUT2D eigenvalue weighted by atomic mass is 10.3. The number of thiophene rings is 1. The Morgan fingerprint density at radius 2 is 2.14 bits per heavy atom. The maximum Gasteiger partial charge on any atom is 0.350 e. The number of ether oxygens (including phenoxy) is 1. The molecule has 118 valence electrons. The predicted octanol–water partition coefficient (Wildman–Crippen LogP) is 0.772. The van der Waals surface area contributed by atoms with Crippen LogP contribution in [0.5, 0.6) is 0 Å². The Bertz CT molecular complexity index is 762. The van der Waals surface area contributed by atoms with Crippen LogP contribution in [-0.2, 0) is 24.6 Å². The molecule has 0 aliphatic carbocycles. The molecule has 1 aromatic heterocycles. The average molecular weight is 353 g/mol. The van der Waals surface area contributed by atoms with Gasteiger partial charge in [0.05, 0.1) is 29.6 Å². The Morgan fingerprint density at radius 1 is 1.48 bits per heavy atom. The summed E-state index contributed by atoms with van der Waals surface area (Å²) in [6, 6.07) is 0. The molecule has 1 fully saturated rings. The number of nitrogens with one attached hydrogen (secondary N) is 1. The van der Waals surface area contributed by atoms with Crippen LogP contribution in [-0.4, -0.2) is 46.7 Å². The molecule has 21 heavy (non-hydrogen) atoms. The first-order valence-corrected chi connectivity index (χ1v) is 10.3. The monoisotopic (exact) mass is 353 g/mol. The summed E-state index contributed by atoms with van der Waals surface area (Å²) in [4.78, 5) is 11.8. The summed E-state index contributed by atoms with van der Waals surface area (Å²) in [5, 5.41) is 0.641. The van der Waals surface area contributed by atoms with Crippen molar-refractivity contribution in [3.05, 3.63) is 15.8 Å². The van der Waals surface area contributed by atoms with Gasteiger partial charge in [-0.2, -0.15) is 0 Å². The SMILES string of the molecule is COC(=O)c1scc(C)c1NS(=O)(=O)C1CCS(=O)(=O)C1. The van der Waals surface area contributed by atoms with Crippen molar-refractivity contribution in [2.24, 2.45) is 0 Å². The highest BCUT2D eigenvalue weighted by molar-refractivity contribution is 7.97. The van der Waals surface area contributed by atoms with Gasteiger partial charge in [-0.3, -0.25) is 4.72 Å². The van der Waals surface area contributed by atoms with Crippen molar-refractivity contribution in [1.82, 2.24) is 0 Å². The fourth-order valence-corrected chi connectivity index (χ4v) is 7.21. The van der Waals surface area contributed by atoms with Gasteiger partial charge in [0.1, 0.15) is 4.88 Å². The van der Waals surface area contributed by atoms with Crippen LogP contribution in [0.15, 0.2) is 5.38 Å². The summed E-state index contributed by atoms with van der Waals surface area (Å²) < 4.78 is 54.3. The minimum Gasteiger partial charge on any atom is -0.465 e. The van der Waals surface area contributed by atoms with Gasteiger partial charge in [-0.05, 0) is 24.3 Å². The molecule has 1 aliphatic rings. The second-order valence-corrected chi connectivity index (χ2v) is 9.86. The Kier molecular flexibility index (Phi) is 4.31. The molecule has 1 aliphatic heterocycles. The van der Waals surface area contributed by atoms with E-state index in [4.69, 9.17) is 0 Å². The number of carbonyl (C=O) groups is 1. The van der Waals surface area contributed by atoms with Gasteiger partial charge in [-0.15, -0.1) is 11.3 Å². The standard InChI is InChI=1S/C11H15NO6S3/c1-7-5-19-10(11(13)18-2)9(7)12-21(16,17)8-3-4-20(14,15)6-8/h5,8,12H,3-4,6H2,1-2H3. The van der Waals surface area contributed by atoms with Crippen molar-refractivity contribution in [2.75, 3.05) is 23.3 Å². The van der Waals surface area contributed by atoms with E-state index < -0.39 is 31.1 Å². The second kappa shape index (κ2) is 5.58. The zero-order valence-electron chi connectivity index (χ0n) is 11.5. The minimum absolute atomic E-state index is 0.0639. The molecular weight excluding hydrogens is 338 g/mol. The van der Waals surface area contributed by atoms with E-state index in [1.165, 1.54) is 7.11 Å².